The number of carbonyl (C=O) groups excluding carboxylic acids is 1. The molecule has 5 nitrogen and oxygen atoms in total. The van der Waals surface area contributed by atoms with Crippen LogP contribution in [0.3, 0.4) is 0 Å². The van der Waals surface area contributed by atoms with Crippen LogP contribution in [0.5, 0.6) is 5.75 Å². The molecule has 0 unspecified atom stereocenters. The molecule has 0 atom stereocenters. The Morgan fingerprint density at radius 1 is 1.06 bits per heavy atom. The number of nitrogens with one attached hydrogen (secondary N) is 1. The molecule has 0 radical (unpaired) electrons. The number of amides is 1. The van der Waals surface area contributed by atoms with Gasteiger partial charge in [-0.15, -0.1) is 0 Å². The van der Waals surface area contributed by atoms with Crippen LogP contribution in [0, 0.1) is 13.8 Å². The predicted molar refractivity (Wildman–Crippen MR) is 131 cm³/mol. The maximum Gasteiger partial charge on any atom is 0.251 e. The van der Waals surface area contributed by atoms with E-state index in [2.05, 4.69) is 57.9 Å². The molecule has 0 bridgehead atoms. The van der Waals surface area contributed by atoms with Crippen molar-refractivity contribution in [2.24, 2.45) is 0 Å². The number of hydrogen-bond acceptors (Lipinski definition) is 3. The first-order valence-electron chi connectivity index (χ1n) is 10.7. The Bertz CT molecular complexity index is 1250. The second-order valence-electron chi connectivity index (χ2n) is 7.80. The monoisotopic (exact) mass is 491 g/mol. The van der Waals surface area contributed by atoms with Crippen LogP contribution in [-0.2, 0) is 13.0 Å². The molecule has 1 aromatic heterocycles. The highest BCUT2D eigenvalue weighted by Crippen LogP contribution is 2.20. The maximum atomic E-state index is 12.4. The maximum absolute atomic E-state index is 12.4. The van der Waals surface area contributed by atoms with Gasteiger partial charge in [0.05, 0.1) is 17.6 Å². The molecule has 164 valence electrons. The molecule has 0 fully saturated rings. The number of ether oxygens (including phenoxy) is 1. The third-order valence-electron chi connectivity index (χ3n) is 5.36. The third kappa shape index (κ3) is 5.19. The molecule has 0 spiro atoms. The second kappa shape index (κ2) is 10.0. The van der Waals surface area contributed by atoms with E-state index >= 15 is 0 Å². The van der Waals surface area contributed by atoms with Crippen LogP contribution in [0.25, 0.3) is 11.0 Å². The number of aromatic nitrogens is 2. The van der Waals surface area contributed by atoms with Crippen LogP contribution >= 0.6 is 15.9 Å². The van der Waals surface area contributed by atoms with Gasteiger partial charge in [-0.2, -0.15) is 0 Å². The normalized spacial score (nSPS) is 11.0. The van der Waals surface area contributed by atoms with Crippen molar-refractivity contribution in [1.29, 1.82) is 0 Å². The van der Waals surface area contributed by atoms with Crippen molar-refractivity contribution in [2.75, 3.05) is 13.2 Å². The van der Waals surface area contributed by atoms with Gasteiger partial charge in [-0.3, -0.25) is 4.79 Å². The number of fused-ring (bicyclic) bond motifs is 1. The van der Waals surface area contributed by atoms with Crippen molar-refractivity contribution in [2.45, 2.75) is 26.8 Å². The van der Waals surface area contributed by atoms with Gasteiger partial charge < -0.3 is 14.6 Å². The van der Waals surface area contributed by atoms with Gasteiger partial charge in [-0.05, 0) is 55.8 Å². The van der Waals surface area contributed by atoms with Gasteiger partial charge in [0.2, 0.25) is 0 Å². The van der Waals surface area contributed by atoms with E-state index in [-0.39, 0.29) is 5.91 Å². The molecular formula is C26H26BrN3O2. The molecule has 32 heavy (non-hydrogen) atoms. The summed E-state index contributed by atoms with van der Waals surface area (Å²) in [6, 6.07) is 21.7. The van der Waals surface area contributed by atoms with Crippen molar-refractivity contribution in [1.82, 2.24) is 14.9 Å². The summed E-state index contributed by atoms with van der Waals surface area (Å²) in [5, 5.41) is 3.00. The Balaban J connectivity index is 1.43. The first kappa shape index (κ1) is 22.1. The smallest absolute Gasteiger partial charge is 0.251 e. The molecule has 0 aliphatic heterocycles. The van der Waals surface area contributed by atoms with Crippen LogP contribution in [0.4, 0.5) is 0 Å². The number of hydrogen-bond donors (Lipinski definition) is 1. The summed E-state index contributed by atoms with van der Waals surface area (Å²) in [5.41, 5.74) is 5.02. The van der Waals surface area contributed by atoms with E-state index in [0.29, 0.717) is 31.7 Å². The van der Waals surface area contributed by atoms with Crippen molar-refractivity contribution in [3.8, 4) is 5.75 Å². The fourth-order valence-electron chi connectivity index (χ4n) is 3.79. The lowest BCUT2D eigenvalue weighted by molar-refractivity contribution is 0.0954. The van der Waals surface area contributed by atoms with Crippen LogP contribution in [0.15, 0.2) is 71.2 Å². The largest absolute Gasteiger partial charge is 0.491 e. The van der Waals surface area contributed by atoms with Crippen LogP contribution in [0.1, 0.15) is 27.3 Å². The van der Waals surface area contributed by atoms with E-state index in [1.807, 2.05) is 42.5 Å². The first-order chi connectivity index (χ1) is 15.5. The van der Waals surface area contributed by atoms with Gasteiger partial charge in [-0.25, -0.2) is 4.98 Å². The second-order valence-corrected chi connectivity index (χ2v) is 8.72. The SMILES string of the molecule is Cc1ccc(OCCn2c(CCNC(=O)c3cccc(Br)c3)nc3ccccc32)c(C)c1. The van der Waals surface area contributed by atoms with E-state index in [0.717, 1.165) is 32.6 Å². The van der Waals surface area contributed by atoms with Gasteiger partial charge in [0.1, 0.15) is 18.2 Å². The van der Waals surface area contributed by atoms with Gasteiger partial charge >= 0.3 is 0 Å². The zero-order chi connectivity index (χ0) is 22.5. The summed E-state index contributed by atoms with van der Waals surface area (Å²) in [5.74, 6) is 1.75. The molecule has 1 heterocycles. The average Bonchev–Trinajstić information content (AvgIpc) is 3.12. The van der Waals surface area contributed by atoms with Crippen molar-refractivity contribution in [3.63, 3.8) is 0 Å². The minimum Gasteiger partial charge on any atom is -0.491 e. The highest BCUT2D eigenvalue weighted by molar-refractivity contribution is 9.10. The van der Waals surface area contributed by atoms with Gasteiger partial charge in [-0.1, -0.05) is 51.8 Å². The van der Waals surface area contributed by atoms with E-state index in [4.69, 9.17) is 9.72 Å². The van der Waals surface area contributed by atoms with Crippen molar-refractivity contribution >= 4 is 32.9 Å². The van der Waals surface area contributed by atoms with Gasteiger partial charge in [0, 0.05) is 23.0 Å². The molecular weight excluding hydrogens is 466 g/mol. The summed E-state index contributed by atoms with van der Waals surface area (Å²) in [6.45, 7) is 5.88. The highest BCUT2D eigenvalue weighted by atomic mass is 79.9. The predicted octanol–water partition coefficient (Wildman–Crippen LogP) is 5.47. The molecule has 1 amide bonds. The number of carbonyl (C=O) groups is 1. The molecule has 3 aromatic carbocycles. The number of rotatable bonds is 8. The molecule has 0 aliphatic rings. The zero-order valence-electron chi connectivity index (χ0n) is 18.3. The minimum atomic E-state index is -0.0906. The number of benzene rings is 3. The Labute approximate surface area is 196 Å². The summed E-state index contributed by atoms with van der Waals surface area (Å²) < 4.78 is 9.13. The minimum absolute atomic E-state index is 0.0906. The van der Waals surface area contributed by atoms with E-state index in [1.165, 1.54) is 5.56 Å². The van der Waals surface area contributed by atoms with E-state index in [1.54, 1.807) is 6.07 Å². The van der Waals surface area contributed by atoms with Crippen LogP contribution < -0.4 is 10.1 Å². The lowest BCUT2D eigenvalue weighted by atomic mass is 10.1. The Hall–Kier alpha value is -3.12. The molecule has 6 heteroatoms. The zero-order valence-corrected chi connectivity index (χ0v) is 19.9. The quantitative estimate of drug-likeness (QED) is 0.355. The van der Waals surface area contributed by atoms with Crippen LogP contribution in [0.2, 0.25) is 0 Å². The lowest BCUT2D eigenvalue weighted by Crippen LogP contribution is -2.26. The molecule has 4 rings (SSSR count). The fourth-order valence-corrected chi connectivity index (χ4v) is 4.19. The Morgan fingerprint density at radius 3 is 2.72 bits per heavy atom. The Kier molecular flexibility index (Phi) is 6.90. The van der Waals surface area contributed by atoms with Crippen LogP contribution in [-0.4, -0.2) is 28.6 Å². The Morgan fingerprint density at radius 2 is 1.91 bits per heavy atom. The lowest BCUT2D eigenvalue weighted by Gasteiger charge is -2.13. The molecule has 4 aromatic rings. The summed E-state index contributed by atoms with van der Waals surface area (Å²) in [6.07, 6.45) is 0.637. The fraction of sp³-hybridized carbons (Fsp3) is 0.231. The number of para-hydroxylation sites is 2. The first-order valence-corrected chi connectivity index (χ1v) is 11.5. The summed E-state index contributed by atoms with van der Waals surface area (Å²) >= 11 is 3.41. The molecule has 0 saturated carbocycles. The summed E-state index contributed by atoms with van der Waals surface area (Å²) in [7, 11) is 0. The third-order valence-corrected chi connectivity index (χ3v) is 5.85. The van der Waals surface area contributed by atoms with E-state index in [9.17, 15) is 4.79 Å². The molecule has 1 N–H and O–H groups in total. The summed E-state index contributed by atoms with van der Waals surface area (Å²) in [4.78, 5) is 17.2. The standard InChI is InChI=1S/C26H26BrN3O2/c1-18-10-11-24(19(2)16-18)32-15-14-30-23-9-4-3-8-22(23)29-25(30)12-13-28-26(31)20-6-5-7-21(27)17-20/h3-11,16-17H,12-15H2,1-2H3,(H,28,31). The molecule has 0 aliphatic carbocycles. The van der Waals surface area contributed by atoms with E-state index < -0.39 is 0 Å². The van der Waals surface area contributed by atoms with Crippen molar-refractivity contribution < 1.29 is 9.53 Å². The number of aryl methyl sites for hydroxylation is 2. The van der Waals surface area contributed by atoms with Gasteiger partial charge in [0.25, 0.3) is 5.91 Å². The number of halogens is 1. The van der Waals surface area contributed by atoms with Gasteiger partial charge in [0.15, 0.2) is 0 Å². The average molecular weight is 492 g/mol. The van der Waals surface area contributed by atoms with Crippen molar-refractivity contribution in [3.05, 3.63) is 93.7 Å². The number of imidazole rings is 1. The molecule has 0 saturated heterocycles. The number of nitrogens with zero attached hydrogens (tertiary/aromatic N) is 2. The topological polar surface area (TPSA) is 56.1 Å². The highest BCUT2D eigenvalue weighted by Gasteiger charge is 2.12.